The highest BCUT2D eigenvalue weighted by atomic mass is 127. The van der Waals surface area contributed by atoms with Gasteiger partial charge in [-0.1, -0.05) is 6.92 Å². The van der Waals surface area contributed by atoms with E-state index >= 15 is 0 Å². The topological polar surface area (TPSA) is 49.6 Å². The van der Waals surface area contributed by atoms with E-state index < -0.39 is 0 Å². The lowest BCUT2D eigenvalue weighted by molar-refractivity contribution is 0.506. The fourth-order valence-electron chi connectivity index (χ4n) is 1.50. The van der Waals surface area contributed by atoms with Crippen molar-refractivity contribution in [1.82, 2.24) is 10.6 Å². The molecule has 0 spiro atoms. The summed E-state index contributed by atoms with van der Waals surface area (Å²) in [6.07, 6.45) is 5.76. The van der Waals surface area contributed by atoms with Crippen LogP contribution in [0.25, 0.3) is 0 Å². The normalized spacial score (nSPS) is 12.7. The maximum atomic E-state index is 5.31. The fraction of sp³-hybridized carbons (Fsp3) is 0.643. The van der Waals surface area contributed by atoms with E-state index in [2.05, 4.69) is 35.7 Å². The van der Waals surface area contributed by atoms with Gasteiger partial charge in [0.05, 0.1) is 12.8 Å². The van der Waals surface area contributed by atoms with Gasteiger partial charge in [-0.25, -0.2) is 0 Å². The van der Waals surface area contributed by atoms with Gasteiger partial charge in [0.1, 0.15) is 5.76 Å². The Morgan fingerprint density at radius 3 is 2.90 bits per heavy atom. The van der Waals surface area contributed by atoms with Gasteiger partial charge >= 0.3 is 0 Å². The van der Waals surface area contributed by atoms with Gasteiger partial charge in [0.15, 0.2) is 5.96 Å². The van der Waals surface area contributed by atoms with Gasteiger partial charge in [0.2, 0.25) is 0 Å². The van der Waals surface area contributed by atoms with Gasteiger partial charge in [-0.15, -0.1) is 24.0 Å². The molecule has 6 heteroatoms. The van der Waals surface area contributed by atoms with Crippen molar-refractivity contribution in [2.24, 2.45) is 4.99 Å². The molecule has 1 rings (SSSR count). The number of rotatable bonds is 8. The Bertz CT molecular complexity index is 357. The Labute approximate surface area is 143 Å². The molecule has 0 aliphatic rings. The fourth-order valence-corrected chi connectivity index (χ4v) is 1.77. The molecule has 20 heavy (non-hydrogen) atoms. The van der Waals surface area contributed by atoms with Crippen molar-refractivity contribution in [3.63, 3.8) is 0 Å². The van der Waals surface area contributed by atoms with Crippen LogP contribution in [-0.4, -0.2) is 37.1 Å². The summed E-state index contributed by atoms with van der Waals surface area (Å²) in [6.45, 7) is 6.00. The second-order valence-corrected chi connectivity index (χ2v) is 5.42. The Morgan fingerprint density at radius 2 is 2.30 bits per heavy atom. The number of nitrogens with zero attached hydrogens (tertiary/aromatic N) is 1. The molecule has 0 amide bonds. The molecule has 0 aliphatic heterocycles. The highest BCUT2D eigenvalue weighted by Crippen LogP contribution is 1.99. The molecule has 2 N–H and O–H groups in total. The molecule has 1 heterocycles. The predicted octanol–water partition coefficient (Wildman–Crippen LogP) is 3.14. The van der Waals surface area contributed by atoms with Crippen molar-refractivity contribution in [2.45, 2.75) is 32.7 Å². The number of nitrogens with one attached hydrogen (secondary N) is 2. The van der Waals surface area contributed by atoms with Gasteiger partial charge in [-0.2, -0.15) is 11.8 Å². The van der Waals surface area contributed by atoms with Crippen LogP contribution < -0.4 is 10.6 Å². The van der Waals surface area contributed by atoms with Crippen LogP contribution in [0.3, 0.4) is 0 Å². The van der Waals surface area contributed by atoms with Crippen molar-refractivity contribution in [3.8, 4) is 0 Å². The van der Waals surface area contributed by atoms with Crippen LogP contribution in [0.5, 0.6) is 0 Å². The van der Waals surface area contributed by atoms with Gasteiger partial charge < -0.3 is 15.1 Å². The lowest BCUT2D eigenvalue weighted by atomic mass is 10.3. The largest absolute Gasteiger partial charge is 0.469 e. The lowest BCUT2D eigenvalue weighted by Gasteiger charge is -2.16. The Hall–Kier alpha value is -0.370. The minimum Gasteiger partial charge on any atom is -0.469 e. The molecule has 0 fully saturated rings. The highest BCUT2D eigenvalue weighted by molar-refractivity contribution is 14.0. The van der Waals surface area contributed by atoms with E-state index in [-0.39, 0.29) is 24.0 Å². The van der Waals surface area contributed by atoms with E-state index in [4.69, 9.17) is 4.42 Å². The molecule has 1 aromatic heterocycles. The average molecular weight is 411 g/mol. The Kier molecular flexibility index (Phi) is 12.1. The van der Waals surface area contributed by atoms with Crippen molar-refractivity contribution < 1.29 is 4.42 Å². The third kappa shape index (κ3) is 8.73. The highest BCUT2D eigenvalue weighted by Gasteiger charge is 2.03. The summed E-state index contributed by atoms with van der Waals surface area (Å²) < 4.78 is 5.31. The van der Waals surface area contributed by atoms with Crippen molar-refractivity contribution in [3.05, 3.63) is 24.2 Å². The van der Waals surface area contributed by atoms with E-state index in [9.17, 15) is 0 Å². The van der Waals surface area contributed by atoms with Crippen molar-refractivity contribution in [2.75, 3.05) is 25.1 Å². The van der Waals surface area contributed by atoms with Crippen LogP contribution >= 0.6 is 35.7 Å². The number of hydrogen-bond acceptors (Lipinski definition) is 3. The molecule has 1 atom stereocenters. The van der Waals surface area contributed by atoms with E-state index in [1.807, 2.05) is 23.9 Å². The summed E-state index contributed by atoms with van der Waals surface area (Å²) in [4.78, 5) is 4.56. The van der Waals surface area contributed by atoms with E-state index in [1.165, 1.54) is 0 Å². The molecule has 0 radical (unpaired) electrons. The maximum absolute atomic E-state index is 5.31. The molecule has 1 aromatic rings. The number of aliphatic imine (C=N–C) groups is 1. The van der Waals surface area contributed by atoms with Crippen LogP contribution in [0, 0.1) is 0 Å². The molecule has 1 unspecified atom stereocenters. The Morgan fingerprint density at radius 1 is 1.50 bits per heavy atom. The number of thioether (sulfide) groups is 1. The summed E-state index contributed by atoms with van der Waals surface area (Å²) in [5.74, 6) is 2.94. The zero-order valence-corrected chi connectivity index (χ0v) is 15.7. The summed E-state index contributed by atoms with van der Waals surface area (Å²) >= 11 is 1.81. The van der Waals surface area contributed by atoms with Crippen molar-refractivity contribution in [1.29, 1.82) is 0 Å². The first-order chi connectivity index (χ1) is 9.26. The van der Waals surface area contributed by atoms with E-state index in [0.29, 0.717) is 6.04 Å². The first kappa shape index (κ1) is 19.6. The van der Waals surface area contributed by atoms with Gasteiger partial charge in [-0.3, -0.25) is 4.99 Å². The SMILES string of the molecule is CCC(C)NC(=NCCSC)NCCc1ccco1.I. The summed E-state index contributed by atoms with van der Waals surface area (Å²) in [7, 11) is 0. The second-order valence-electron chi connectivity index (χ2n) is 4.43. The number of halogens is 1. The molecular weight excluding hydrogens is 385 g/mol. The molecule has 0 saturated heterocycles. The molecule has 0 saturated carbocycles. The van der Waals surface area contributed by atoms with Gasteiger partial charge in [-0.05, 0) is 31.7 Å². The first-order valence-corrected chi connectivity index (χ1v) is 8.21. The summed E-state index contributed by atoms with van der Waals surface area (Å²) in [6, 6.07) is 4.35. The first-order valence-electron chi connectivity index (χ1n) is 6.82. The zero-order valence-electron chi connectivity index (χ0n) is 12.5. The minimum atomic E-state index is 0. The van der Waals surface area contributed by atoms with E-state index in [0.717, 1.165) is 43.4 Å². The molecule has 0 aromatic carbocycles. The second kappa shape index (κ2) is 12.4. The van der Waals surface area contributed by atoms with Gasteiger partial charge in [0.25, 0.3) is 0 Å². The maximum Gasteiger partial charge on any atom is 0.191 e. The van der Waals surface area contributed by atoms with Crippen LogP contribution in [0.1, 0.15) is 26.0 Å². The van der Waals surface area contributed by atoms with Crippen LogP contribution in [0.15, 0.2) is 27.8 Å². The van der Waals surface area contributed by atoms with E-state index in [1.54, 1.807) is 6.26 Å². The minimum absolute atomic E-state index is 0. The third-order valence-corrected chi connectivity index (χ3v) is 3.40. The van der Waals surface area contributed by atoms with Crippen molar-refractivity contribution >= 4 is 41.7 Å². The smallest absolute Gasteiger partial charge is 0.191 e. The van der Waals surface area contributed by atoms with Crippen LogP contribution in [0.2, 0.25) is 0 Å². The lowest BCUT2D eigenvalue weighted by Crippen LogP contribution is -2.43. The molecule has 0 aliphatic carbocycles. The summed E-state index contributed by atoms with van der Waals surface area (Å²) in [5.41, 5.74) is 0. The Balaban J connectivity index is 0.00000361. The molecule has 4 nitrogen and oxygen atoms in total. The molecule has 116 valence electrons. The van der Waals surface area contributed by atoms with Crippen LogP contribution in [0.4, 0.5) is 0 Å². The quantitative estimate of drug-likeness (QED) is 0.299. The molecule has 0 bridgehead atoms. The zero-order chi connectivity index (χ0) is 13.9. The summed E-state index contributed by atoms with van der Waals surface area (Å²) in [5, 5.41) is 6.76. The third-order valence-electron chi connectivity index (χ3n) is 2.80. The number of furan rings is 1. The standard InChI is InChI=1S/C14H25N3OS.HI/c1-4-12(2)17-14(16-9-11-19-3)15-8-7-13-6-5-10-18-13;/h5-6,10,12H,4,7-9,11H2,1-3H3,(H2,15,16,17);1H. The van der Waals surface area contributed by atoms with Gasteiger partial charge in [0, 0.05) is 24.8 Å². The number of hydrogen-bond donors (Lipinski definition) is 2. The predicted molar refractivity (Wildman–Crippen MR) is 99.4 cm³/mol. The monoisotopic (exact) mass is 411 g/mol. The van der Waals surface area contributed by atoms with Crippen LogP contribution in [-0.2, 0) is 6.42 Å². The number of guanidine groups is 1. The molecular formula is C14H26IN3OS. The average Bonchev–Trinajstić information content (AvgIpc) is 2.91.